The Labute approximate surface area is 197 Å². The second-order valence-electron chi connectivity index (χ2n) is 8.11. The van der Waals surface area contributed by atoms with Crippen LogP contribution in [0.15, 0.2) is 35.3 Å². The molecule has 0 radical (unpaired) electrons. The first-order chi connectivity index (χ1) is 16.2. The van der Waals surface area contributed by atoms with E-state index in [2.05, 4.69) is 15.6 Å². The lowest BCUT2D eigenvalue weighted by molar-refractivity contribution is -0.148. The molecule has 0 bridgehead atoms. The van der Waals surface area contributed by atoms with E-state index in [1.807, 2.05) is 30.3 Å². The van der Waals surface area contributed by atoms with E-state index in [1.54, 1.807) is 0 Å². The minimum Gasteiger partial charge on any atom is -0.480 e. The summed E-state index contributed by atoms with van der Waals surface area (Å²) in [5.41, 5.74) is 17.3. The Hall–Kier alpha value is -3.67. The zero-order valence-corrected chi connectivity index (χ0v) is 19.0. The fourth-order valence-corrected chi connectivity index (χ4v) is 3.70. The van der Waals surface area contributed by atoms with Crippen molar-refractivity contribution < 1.29 is 24.3 Å². The number of carbonyl (C=O) groups is 4. The number of rotatable bonds is 12. The van der Waals surface area contributed by atoms with Gasteiger partial charge in [-0.25, -0.2) is 4.79 Å². The van der Waals surface area contributed by atoms with Gasteiger partial charge in [-0.15, -0.1) is 0 Å². The zero-order valence-electron chi connectivity index (χ0n) is 19.0. The van der Waals surface area contributed by atoms with Gasteiger partial charge in [0, 0.05) is 19.5 Å². The number of carboxylic acids is 1. The highest BCUT2D eigenvalue weighted by Gasteiger charge is 2.34. The molecule has 0 aromatic heterocycles. The SMILES string of the molecule is NC(N)=NCCCC(N)C(=O)NC(Cc1ccccc1)C(=O)NCC(=O)N1CCCC1C(=O)O. The molecule has 12 nitrogen and oxygen atoms in total. The molecule has 0 saturated carbocycles. The van der Waals surface area contributed by atoms with Crippen molar-refractivity contribution in [3.63, 3.8) is 0 Å². The Bertz CT molecular complexity index is 889. The molecule has 3 atom stereocenters. The first kappa shape index (κ1) is 26.6. The summed E-state index contributed by atoms with van der Waals surface area (Å²) in [6.45, 7) is 0.284. The lowest BCUT2D eigenvalue weighted by Crippen LogP contribution is -2.54. The topological polar surface area (TPSA) is 206 Å². The van der Waals surface area contributed by atoms with E-state index >= 15 is 0 Å². The average molecular weight is 476 g/mol. The van der Waals surface area contributed by atoms with Crippen LogP contribution in [-0.4, -0.2) is 77.4 Å². The molecule has 3 unspecified atom stereocenters. The molecule has 1 aromatic rings. The molecule has 1 saturated heterocycles. The Morgan fingerprint density at radius 1 is 1.15 bits per heavy atom. The van der Waals surface area contributed by atoms with Crippen LogP contribution in [0.5, 0.6) is 0 Å². The second-order valence-corrected chi connectivity index (χ2v) is 8.11. The number of nitrogens with zero attached hydrogens (tertiary/aromatic N) is 2. The number of hydrogen-bond donors (Lipinski definition) is 6. The van der Waals surface area contributed by atoms with Gasteiger partial charge in [0.25, 0.3) is 0 Å². The van der Waals surface area contributed by atoms with E-state index in [0.29, 0.717) is 38.8 Å². The van der Waals surface area contributed by atoms with Crippen molar-refractivity contribution in [2.75, 3.05) is 19.6 Å². The van der Waals surface area contributed by atoms with Crippen molar-refractivity contribution in [3.05, 3.63) is 35.9 Å². The third-order valence-corrected chi connectivity index (χ3v) is 5.49. The second kappa shape index (κ2) is 13.1. The predicted octanol–water partition coefficient (Wildman–Crippen LogP) is -1.71. The summed E-state index contributed by atoms with van der Waals surface area (Å²) >= 11 is 0. The molecule has 0 spiro atoms. The summed E-state index contributed by atoms with van der Waals surface area (Å²) in [6.07, 6.45) is 1.95. The maximum Gasteiger partial charge on any atom is 0.326 e. The molecule has 3 amide bonds. The minimum absolute atomic E-state index is 0.0456. The van der Waals surface area contributed by atoms with Crippen molar-refractivity contribution in [2.45, 2.75) is 50.2 Å². The highest BCUT2D eigenvalue weighted by Crippen LogP contribution is 2.17. The summed E-state index contributed by atoms with van der Waals surface area (Å²) in [6, 6.07) is 6.35. The molecule has 1 aliphatic heterocycles. The van der Waals surface area contributed by atoms with E-state index in [1.165, 1.54) is 4.90 Å². The Morgan fingerprint density at radius 3 is 2.50 bits per heavy atom. The minimum atomic E-state index is -1.07. The molecule has 1 fully saturated rings. The lowest BCUT2D eigenvalue weighted by atomic mass is 10.0. The van der Waals surface area contributed by atoms with E-state index in [0.717, 1.165) is 5.56 Å². The fraction of sp³-hybridized carbons (Fsp3) is 0.500. The van der Waals surface area contributed by atoms with Crippen LogP contribution in [0.25, 0.3) is 0 Å². The summed E-state index contributed by atoms with van der Waals surface area (Å²) in [5, 5.41) is 14.4. The van der Waals surface area contributed by atoms with Crippen LogP contribution < -0.4 is 27.8 Å². The van der Waals surface area contributed by atoms with Crippen molar-refractivity contribution in [2.24, 2.45) is 22.2 Å². The Morgan fingerprint density at radius 2 is 1.85 bits per heavy atom. The number of nitrogens with two attached hydrogens (primary N) is 3. The maximum absolute atomic E-state index is 12.9. The monoisotopic (exact) mass is 475 g/mol. The van der Waals surface area contributed by atoms with Crippen LogP contribution in [0, 0.1) is 0 Å². The molecule has 34 heavy (non-hydrogen) atoms. The van der Waals surface area contributed by atoms with E-state index in [-0.39, 0.29) is 18.9 Å². The normalized spacial score (nSPS) is 16.9. The van der Waals surface area contributed by atoms with Gasteiger partial charge in [0.1, 0.15) is 12.1 Å². The van der Waals surface area contributed by atoms with Gasteiger partial charge >= 0.3 is 5.97 Å². The molecule has 12 heteroatoms. The first-order valence-electron chi connectivity index (χ1n) is 11.1. The van der Waals surface area contributed by atoms with E-state index in [4.69, 9.17) is 17.2 Å². The summed E-state index contributed by atoms with van der Waals surface area (Å²) in [7, 11) is 0. The molecular weight excluding hydrogens is 442 g/mol. The molecule has 1 heterocycles. The number of aliphatic carboxylic acids is 1. The van der Waals surface area contributed by atoms with Crippen molar-refractivity contribution in [1.29, 1.82) is 0 Å². The highest BCUT2D eigenvalue weighted by atomic mass is 16.4. The number of carbonyl (C=O) groups excluding carboxylic acids is 3. The standard InChI is InChI=1S/C22H33N7O5/c23-15(8-4-10-26-22(24)25)19(31)28-16(12-14-6-2-1-3-7-14)20(32)27-13-18(30)29-11-5-9-17(29)21(33)34/h1-3,6-7,15-17H,4-5,8-13,23H2,(H,27,32)(H,28,31)(H,33,34)(H4,24,25,26). The maximum atomic E-state index is 12.9. The van der Waals surface area contributed by atoms with Crippen LogP contribution in [0.4, 0.5) is 0 Å². The zero-order chi connectivity index (χ0) is 25.1. The molecule has 2 rings (SSSR count). The number of nitrogens with one attached hydrogen (secondary N) is 2. The van der Waals surface area contributed by atoms with Gasteiger partial charge in [0.05, 0.1) is 12.6 Å². The number of likely N-dealkylation sites (tertiary alicyclic amines) is 1. The van der Waals surface area contributed by atoms with Crippen LogP contribution in [0.3, 0.4) is 0 Å². The molecular formula is C22H33N7O5. The van der Waals surface area contributed by atoms with Gasteiger partial charge in [0.15, 0.2) is 5.96 Å². The smallest absolute Gasteiger partial charge is 0.326 e. The number of guanidine groups is 1. The first-order valence-corrected chi connectivity index (χ1v) is 11.1. The van der Waals surface area contributed by atoms with Crippen molar-refractivity contribution in [1.82, 2.24) is 15.5 Å². The summed E-state index contributed by atoms with van der Waals surface area (Å²) in [5.74, 6) is -2.68. The molecule has 0 aliphatic carbocycles. The summed E-state index contributed by atoms with van der Waals surface area (Å²) in [4.78, 5) is 54.4. The van der Waals surface area contributed by atoms with Crippen LogP contribution in [0.2, 0.25) is 0 Å². The van der Waals surface area contributed by atoms with Crippen LogP contribution in [0.1, 0.15) is 31.2 Å². The molecule has 1 aliphatic rings. The number of benzene rings is 1. The molecule has 1 aromatic carbocycles. The Kier molecular flexibility index (Phi) is 10.3. The number of amides is 3. The van der Waals surface area contributed by atoms with Gasteiger partial charge in [-0.2, -0.15) is 0 Å². The number of hydrogen-bond acceptors (Lipinski definition) is 6. The summed E-state index contributed by atoms with van der Waals surface area (Å²) < 4.78 is 0. The average Bonchev–Trinajstić information content (AvgIpc) is 3.30. The third kappa shape index (κ3) is 8.35. The quantitative estimate of drug-likeness (QED) is 0.116. The predicted molar refractivity (Wildman–Crippen MR) is 125 cm³/mol. The van der Waals surface area contributed by atoms with Crippen molar-refractivity contribution in [3.8, 4) is 0 Å². The largest absolute Gasteiger partial charge is 0.480 e. The van der Waals surface area contributed by atoms with Gasteiger partial charge in [-0.3, -0.25) is 19.4 Å². The molecule has 186 valence electrons. The third-order valence-electron chi connectivity index (χ3n) is 5.49. The van der Waals surface area contributed by atoms with Gasteiger partial charge in [-0.05, 0) is 31.2 Å². The molecule has 9 N–H and O–H groups in total. The highest BCUT2D eigenvalue weighted by molar-refractivity contribution is 5.93. The van der Waals surface area contributed by atoms with Gasteiger partial charge < -0.3 is 37.8 Å². The van der Waals surface area contributed by atoms with E-state index < -0.39 is 41.8 Å². The fourth-order valence-electron chi connectivity index (χ4n) is 3.70. The number of carboxylic acid groups (broad SMARTS) is 1. The van der Waals surface area contributed by atoms with Gasteiger partial charge in [0.2, 0.25) is 17.7 Å². The van der Waals surface area contributed by atoms with Crippen molar-refractivity contribution >= 4 is 29.7 Å². The van der Waals surface area contributed by atoms with Gasteiger partial charge in [-0.1, -0.05) is 30.3 Å². The van der Waals surface area contributed by atoms with Crippen LogP contribution in [-0.2, 0) is 25.6 Å². The Balaban J connectivity index is 1.98. The lowest BCUT2D eigenvalue weighted by Gasteiger charge is -2.23. The van der Waals surface area contributed by atoms with Crippen LogP contribution >= 0.6 is 0 Å². The number of aliphatic imine (C=N–C) groups is 1. The van der Waals surface area contributed by atoms with E-state index in [9.17, 15) is 24.3 Å².